The fourth-order valence-electron chi connectivity index (χ4n) is 4.15. The van der Waals surface area contributed by atoms with E-state index in [-0.39, 0.29) is 6.04 Å². The Bertz CT molecular complexity index is 1180. The Morgan fingerprint density at radius 2 is 1.77 bits per heavy atom. The van der Waals surface area contributed by atoms with E-state index in [2.05, 4.69) is 6.07 Å². The van der Waals surface area contributed by atoms with E-state index in [1.54, 1.807) is 20.3 Å². The van der Waals surface area contributed by atoms with E-state index in [9.17, 15) is 0 Å². The standard InChI is InChI=1S/C24H20Cl2N2O3/c1-29-22-10-7-14(11-23(22)30-2)24-28-20(17-5-3-4-6-21(17)31-24)13-19(27-28)16-9-8-15(25)12-18(16)26/h3-12,20,24H,13H2,1-2H3/t20-,24+/m1/s1. The van der Waals surface area contributed by atoms with Crippen LogP contribution in [0.3, 0.4) is 0 Å². The monoisotopic (exact) mass is 454 g/mol. The van der Waals surface area contributed by atoms with E-state index in [4.69, 9.17) is 42.5 Å². The number of benzene rings is 3. The maximum Gasteiger partial charge on any atom is 0.214 e. The van der Waals surface area contributed by atoms with E-state index in [1.807, 2.05) is 53.5 Å². The second-order valence-electron chi connectivity index (χ2n) is 7.39. The van der Waals surface area contributed by atoms with Crippen molar-refractivity contribution in [3.63, 3.8) is 0 Å². The molecule has 0 unspecified atom stereocenters. The third kappa shape index (κ3) is 3.48. The van der Waals surface area contributed by atoms with Crippen LogP contribution >= 0.6 is 23.2 Å². The van der Waals surface area contributed by atoms with Gasteiger partial charge in [-0.15, -0.1) is 0 Å². The first kappa shape index (κ1) is 20.0. The minimum atomic E-state index is -0.414. The number of ether oxygens (including phenoxy) is 3. The predicted molar refractivity (Wildman–Crippen MR) is 122 cm³/mol. The molecule has 0 spiro atoms. The van der Waals surface area contributed by atoms with Gasteiger partial charge in [-0.25, -0.2) is 5.01 Å². The first-order valence-corrected chi connectivity index (χ1v) is 10.6. The molecule has 0 saturated heterocycles. The lowest BCUT2D eigenvalue weighted by Crippen LogP contribution is -2.33. The molecule has 2 heterocycles. The van der Waals surface area contributed by atoms with Crippen molar-refractivity contribution in [1.29, 1.82) is 0 Å². The van der Waals surface area contributed by atoms with Gasteiger partial charge < -0.3 is 14.2 Å². The van der Waals surface area contributed by atoms with Gasteiger partial charge in [0.05, 0.1) is 31.0 Å². The molecule has 31 heavy (non-hydrogen) atoms. The molecular formula is C24H20Cl2N2O3. The highest BCUT2D eigenvalue weighted by atomic mass is 35.5. The van der Waals surface area contributed by atoms with E-state index < -0.39 is 6.23 Å². The maximum absolute atomic E-state index is 6.49. The van der Waals surface area contributed by atoms with Crippen molar-refractivity contribution in [2.75, 3.05) is 14.2 Å². The van der Waals surface area contributed by atoms with Gasteiger partial charge in [0.1, 0.15) is 5.75 Å². The highest BCUT2D eigenvalue weighted by Gasteiger charge is 2.41. The molecule has 3 aromatic rings. The zero-order chi connectivity index (χ0) is 21.5. The molecule has 7 heteroatoms. The zero-order valence-electron chi connectivity index (χ0n) is 17.0. The number of rotatable bonds is 4. The Morgan fingerprint density at radius 3 is 2.55 bits per heavy atom. The van der Waals surface area contributed by atoms with Crippen molar-refractivity contribution in [1.82, 2.24) is 5.01 Å². The van der Waals surface area contributed by atoms with Crippen molar-refractivity contribution >= 4 is 28.9 Å². The molecule has 0 radical (unpaired) electrons. The van der Waals surface area contributed by atoms with Crippen LogP contribution in [0.2, 0.25) is 10.0 Å². The largest absolute Gasteiger partial charge is 0.493 e. The smallest absolute Gasteiger partial charge is 0.214 e. The lowest BCUT2D eigenvalue weighted by molar-refractivity contribution is -0.0191. The molecule has 5 nitrogen and oxygen atoms in total. The van der Waals surface area contributed by atoms with Crippen molar-refractivity contribution in [3.8, 4) is 17.2 Å². The molecule has 5 rings (SSSR count). The second-order valence-corrected chi connectivity index (χ2v) is 8.24. The minimum absolute atomic E-state index is 0.0322. The summed E-state index contributed by atoms with van der Waals surface area (Å²) in [4.78, 5) is 0. The van der Waals surface area contributed by atoms with Gasteiger partial charge in [-0.2, -0.15) is 5.10 Å². The summed E-state index contributed by atoms with van der Waals surface area (Å²) in [5.74, 6) is 2.16. The molecule has 0 bridgehead atoms. The lowest BCUT2D eigenvalue weighted by Gasteiger charge is -2.38. The van der Waals surface area contributed by atoms with Crippen molar-refractivity contribution in [2.45, 2.75) is 18.7 Å². The molecule has 2 aliphatic rings. The summed E-state index contributed by atoms with van der Waals surface area (Å²) in [5, 5.41) is 8.14. The summed E-state index contributed by atoms with van der Waals surface area (Å²) >= 11 is 12.6. The fraction of sp³-hybridized carbons (Fsp3) is 0.208. The van der Waals surface area contributed by atoms with Gasteiger partial charge >= 0.3 is 0 Å². The SMILES string of the molecule is COc1ccc([C@@H]2Oc3ccccc3[C@H]3CC(c4ccc(Cl)cc4Cl)=NN32)cc1OC. The third-order valence-corrected chi connectivity index (χ3v) is 6.18. The molecular weight excluding hydrogens is 435 g/mol. The molecule has 0 aliphatic carbocycles. The van der Waals surface area contributed by atoms with Crippen LogP contribution in [0.5, 0.6) is 17.2 Å². The molecule has 0 aromatic heterocycles. The summed E-state index contributed by atoms with van der Waals surface area (Å²) in [6.45, 7) is 0. The van der Waals surface area contributed by atoms with Gasteiger partial charge in [0, 0.05) is 28.1 Å². The maximum atomic E-state index is 6.49. The Labute approximate surface area is 190 Å². The third-order valence-electron chi connectivity index (χ3n) is 5.63. The van der Waals surface area contributed by atoms with Gasteiger partial charge in [0.2, 0.25) is 6.23 Å². The van der Waals surface area contributed by atoms with Crippen LogP contribution in [0.1, 0.15) is 35.4 Å². The van der Waals surface area contributed by atoms with Crippen LogP contribution in [-0.2, 0) is 0 Å². The van der Waals surface area contributed by atoms with E-state index in [0.29, 0.717) is 28.0 Å². The number of fused-ring (bicyclic) bond motifs is 3. The van der Waals surface area contributed by atoms with Gasteiger partial charge in [-0.3, -0.25) is 0 Å². The Kier molecular flexibility index (Phi) is 5.16. The Hall–Kier alpha value is -2.89. The van der Waals surface area contributed by atoms with Gasteiger partial charge in [0.25, 0.3) is 0 Å². The number of methoxy groups -OCH3 is 2. The normalized spacial score (nSPS) is 19.2. The van der Waals surface area contributed by atoms with Crippen molar-refractivity contribution in [3.05, 3.63) is 87.4 Å². The summed E-state index contributed by atoms with van der Waals surface area (Å²) in [6.07, 6.45) is 0.300. The van der Waals surface area contributed by atoms with Crippen LogP contribution < -0.4 is 14.2 Å². The summed E-state index contributed by atoms with van der Waals surface area (Å²) in [6, 6.07) is 19.4. The molecule has 0 amide bonds. The lowest BCUT2D eigenvalue weighted by atomic mass is 9.96. The number of hydrazone groups is 1. The average molecular weight is 455 g/mol. The number of halogens is 2. The topological polar surface area (TPSA) is 43.3 Å². The van der Waals surface area contributed by atoms with Crippen LogP contribution in [0, 0.1) is 0 Å². The number of hydrogen-bond acceptors (Lipinski definition) is 5. The summed E-state index contributed by atoms with van der Waals surface area (Å²) < 4.78 is 17.3. The molecule has 0 N–H and O–H groups in total. The fourth-order valence-corrected chi connectivity index (χ4v) is 4.66. The summed E-state index contributed by atoms with van der Waals surface area (Å²) in [7, 11) is 3.24. The number of para-hydroxylation sites is 1. The van der Waals surface area contributed by atoms with E-state index >= 15 is 0 Å². The molecule has 3 aromatic carbocycles. The average Bonchev–Trinajstić information content (AvgIpc) is 3.23. The van der Waals surface area contributed by atoms with E-state index in [0.717, 1.165) is 28.2 Å². The van der Waals surface area contributed by atoms with Crippen LogP contribution in [0.15, 0.2) is 65.8 Å². The highest BCUT2D eigenvalue weighted by Crippen LogP contribution is 2.48. The van der Waals surface area contributed by atoms with Crippen molar-refractivity contribution in [2.24, 2.45) is 5.10 Å². The minimum Gasteiger partial charge on any atom is -0.493 e. The Morgan fingerprint density at radius 1 is 0.968 bits per heavy atom. The zero-order valence-corrected chi connectivity index (χ0v) is 18.5. The van der Waals surface area contributed by atoms with Gasteiger partial charge in [-0.1, -0.05) is 47.5 Å². The van der Waals surface area contributed by atoms with Gasteiger partial charge in [-0.05, 0) is 36.4 Å². The number of hydrogen-bond donors (Lipinski definition) is 0. The first-order valence-electron chi connectivity index (χ1n) is 9.88. The Balaban J connectivity index is 1.60. The first-order chi connectivity index (χ1) is 15.1. The van der Waals surface area contributed by atoms with Crippen LogP contribution in [0.25, 0.3) is 0 Å². The van der Waals surface area contributed by atoms with Gasteiger partial charge in [0.15, 0.2) is 11.5 Å². The highest BCUT2D eigenvalue weighted by molar-refractivity contribution is 6.37. The van der Waals surface area contributed by atoms with Crippen molar-refractivity contribution < 1.29 is 14.2 Å². The van der Waals surface area contributed by atoms with E-state index in [1.165, 1.54) is 0 Å². The molecule has 2 atom stereocenters. The quantitative estimate of drug-likeness (QED) is 0.466. The summed E-state index contributed by atoms with van der Waals surface area (Å²) in [5.41, 5.74) is 3.80. The second kappa shape index (κ2) is 7.98. The molecule has 158 valence electrons. The molecule has 2 aliphatic heterocycles. The number of nitrogens with zero attached hydrogens (tertiary/aromatic N) is 2. The predicted octanol–water partition coefficient (Wildman–Crippen LogP) is 6.25. The molecule has 0 fully saturated rings. The van der Waals surface area contributed by atoms with Crippen LogP contribution in [0.4, 0.5) is 0 Å². The molecule has 0 saturated carbocycles. The van der Waals surface area contributed by atoms with Crippen LogP contribution in [-0.4, -0.2) is 24.9 Å².